The Morgan fingerprint density at radius 2 is 2.04 bits per heavy atom. The van der Waals surface area contributed by atoms with E-state index >= 15 is 0 Å². The highest BCUT2D eigenvalue weighted by Crippen LogP contribution is 2.33. The number of fused-ring (bicyclic) bond motifs is 2. The molecule has 1 aliphatic rings. The summed E-state index contributed by atoms with van der Waals surface area (Å²) in [5.41, 5.74) is 3.33. The molecule has 1 aromatic carbocycles. The van der Waals surface area contributed by atoms with E-state index in [1.165, 1.54) is 11.1 Å². The van der Waals surface area contributed by atoms with Crippen molar-refractivity contribution in [2.45, 2.75) is 39.7 Å². The first-order chi connectivity index (χ1) is 13.4. The maximum absolute atomic E-state index is 13.4. The first kappa shape index (κ1) is 19.0. The predicted molar refractivity (Wildman–Crippen MR) is 112 cm³/mol. The smallest absolute Gasteiger partial charge is 0.298 e. The first-order valence-corrected chi connectivity index (χ1v) is 10.5. The van der Waals surface area contributed by atoms with Crippen LogP contribution in [0.2, 0.25) is 0 Å². The van der Waals surface area contributed by atoms with Crippen molar-refractivity contribution in [1.29, 1.82) is 0 Å². The molecule has 7 nitrogen and oxygen atoms in total. The zero-order valence-electron chi connectivity index (χ0n) is 16.9. The Balaban J connectivity index is 1.70. The number of carbonyl (C=O) groups excluding carboxylic acids is 1. The monoisotopic (exact) mass is 398 g/mol. The lowest BCUT2D eigenvalue weighted by Crippen LogP contribution is -2.35. The van der Waals surface area contributed by atoms with E-state index in [2.05, 4.69) is 41.1 Å². The summed E-state index contributed by atoms with van der Waals surface area (Å²) in [5, 5.41) is 9.15. The van der Waals surface area contributed by atoms with Gasteiger partial charge in [0.2, 0.25) is 5.82 Å². The van der Waals surface area contributed by atoms with Crippen LogP contribution >= 0.6 is 11.3 Å². The summed E-state index contributed by atoms with van der Waals surface area (Å²) < 4.78 is 3.10. The maximum atomic E-state index is 13.4. The van der Waals surface area contributed by atoms with Gasteiger partial charge in [0.05, 0.1) is 10.2 Å². The van der Waals surface area contributed by atoms with Gasteiger partial charge in [-0.3, -0.25) is 9.69 Å². The quantitative estimate of drug-likeness (QED) is 0.638. The molecule has 28 heavy (non-hydrogen) atoms. The molecule has 0 unspecified atom stereocenters. The highest BCUT2D eigenvalue weighted by molar-refractivity contribution is 7.22. The summed E-state index contributed by atoms with van der Waals surface area (Å²) >= 11 is 1.58. The lowest BCUT2D eigenvalue weighted by molar-refractivity contribution is 0.0971. The molecular weight excluding hydrogens is 372 g/mol. The minimum Gasteiger partial charge on any atom is -0.309 e. The van der Waals surface area contributed by atoms with Crippen LogP contribution in [0.25, 0.3) is 10.2 Å². The van der Waals surface area contributed by atoms with Crippen LogP contribution in [0.1, 0.15) is 40.4 Å². The largest absolute Gasteiger partial charge is 0.309 e. The number of amides is 1. The Kier molecular flexibility index (Phi) is 5.16. The van der Waals surface area contributed by atoms with Gasteiger partial charge >= 0.3 is 0 Å². The number of thiazole rings is 1. The molecule has 0 saturated carbocycles. The summed E-state index contributed by atoms with van der Waals surface area (Å²) in [7, 11) is 4.09. The van der Waals surface area contributed by atoms with Gasteiger partial charge in [0, 0.05) is 19.5 Å². The van der Waals surface area contributed by atoms with Gasteiger partial charge in [-0.25, -0.2) is 4.98 Å². The van der Waals surface area contributed by atoms with Gasteiger partial charge in [0.25, 0.3) is 5.91 Å². The van der Waals surface area contributed by atoms with E-state index in [0.29, 0.717) is 12.4 Å². The first-order valence-electron chi connectivity index (χ1n) is 9.70. The van der Waals surface area contributed by atoms with Gasteiger partial charge in [-0.1, -0.05) is 17.4 Å². The molecule has 3 heterocycles. The van der Waals surface area contributed by atoms with Crippen molar-refractivity contribution < 1.29 is 4.79 Å². The molecule has 0 N–H and O–H groups in total. The number of hydrogen-bond donors (Lipinski definition) is 0. The van der Waals surface area contributed by atoms with Crippen molar-refractivity contribution in [3.05, 3.63) is 34.9 Å². The summed E-state index contributed by atoms with van der Waals surface area (Å²) in [5.74, 6) is 1.24. The number of anilines is 1. The van der Waals surface area contributed by atoms with Crippen molar-refractivity contribution in [2.75, 3.05) is 32.1 Å². The van der Waals surface area contributed by atoms with Crippen LogP contribution in [0, 0.1) is 13.8 Å². The number of aryl methyl sites for hydroxylation is 3. The molecule has 148 valence electrons. The molecule has 0 fully saturated rings. The van der Waals surface area contributed by atoms with Crippen LogP contribution in [0.15, 0.2) is 12.1 Å². The maximum Gasteiger partial charge on any atom is 0.298 e. The minimum absolute atomic E-state index is 0.104. The molecule has 0 atom stereocenters. The van der Waals surface area contributed by atoms with E-state index in [1.807, 2.05) is 18.7 Å². The summed E-state index contributed by atoms with van der Waals surface area (Å²) in [4.78, 5) is 22.2. The topological polar surface area (TPSA) is 67.2 Å². The highest BCUT2D eigenvalue weighted by atomic mass is 32.1. The second-order valence-corrected chi connectivity index (χ2v) is 8.71. The zero-order chi connectivity index (χ0) is 19.8. The number of carbonyl (C=O) groups is 1. The molecule has 0 radical (unpaired) electrons. The molecule has 8 heteroatoms. The van der Waals surface area contributed by atoms with Crippen LogP contribution in [-0.2, 0) is 13.0 Å². The Hall–Kier alpha value is -2.32. The molecule has 3 aromatic rings. The van der Waals surface area contributed by atoms with Crippen molar-refractivity contribution >= 4 is 32.6 Å². The van der Waals surface area contributed by atoms with Crippen LogP contribution < -0.4 is 4.90 Å². The van der Waals surface area contributed by atoms with E-state index in [1.54, 1.807) is 16.2 Å². The zero-order valence-corrected chi connectivity index (χ0v) is 17.7. The highest BCUT2D eigenvalue weighted by Gasteiger charge is 2.28. The summed E-state index contributed by atoms with van der Waals surface area (Å²) in [6.45, 7) is 6.50. The molecule has 0 bridgehead atoms. The number of benzene rings is 1. The van der Waals surface area contributed by atoms with Crippen molar-refractivity contribution in [3.63, 3.8) is 0 Å². The fourth-order valence-corrected chi connectivity index (χ4v) is 4.78. The van der Waals surface area contributed by atoms with Gasteiger partial charge in [-0.05, 0) is 64.5 Å². The fraction of sp³-hybridized carbons (Fsp3) is 0.500. The fourth-order valence-electron chi connectivity index (χ4n) is 3.74. The predicted octanol–water partition coefficient (Wildman–Crippen LogP) is 3.05. The van der Waals surface area contributed by atoms with Crippen LogP contribution in [0.5, 0.6) is 0 Å². The number of rotatable bonds is 6. The van der Waals surface area contributed by atoms with Crippen LogP contribution in [0.3, 0.4) is 0 Å². The van der Waals surface area contributed by atoms with Crippen LogP contribution in [0.4, 0.5) is 5.13 Å². The summed E-state index contributed by atoms with van der Waals surface area (Å²) in [6.07, 6.45) is 2.78. The van der Waals surface area contributed by atoms with E-state index < -0.39 is 0 Å². The van der Waals surface area contributed by atoms with Crippen molar-refractivity contribution in [2.24, 2.45) is 0 Å². The van der Waals surface area contributed by atoms with Gasteiger partial charge in [0.15, 0.2) is 5.13 Å². The van der Waals surface area contributed by atoms with Gasteiger partial charge in [0.1, 0.15) is 5.82 Å². The van der Waals surface area contributed by atoms with Crippen molar-refractivity contribution in [1.82, 2.24) is 24.6 Å². The number of nitrogens with zero attached hydrogens (tertiary/aromatic N) is 6. The Morgan fingerprint density at radius 1 is 1.21 bits per heavy atom. The standard InChI is InChI=1S/C20H26N6OS/c1-13-11-14(2)17-15(12-13)21-20(28-17)26(10-6-8-24(3)4)19(27)18-23-22-16-7-5-9-25(16)18/h11-12H,5-10H2,1-4H3. The Morgan fingerprint density at radius 3 is 2.82 bits per heavy atom. The Bertz CT molecular complexity index is 1020. The van der Waals surface area contributed by atoms with Gasteiger partial charge in [-0.15, -0.1) is 10.2 Å². The molecule has 2 aromatic heterocycles. The Labute approximate surface area is 169 Å². The molecule has 1 aliphatic heterocycles. The molecule has 0 spiro atoms. The van der Waals surface area contributed by atoms with E-state index in [-0.39, 0.29) is 5.91 Å². The SMILES string of the molecule is Cc1cc(C)c2sc(N(CCCN(C)C)C(=O)c3nnc4n3CCC4)nc2c1. The second-order valence-electron chi connectivity index (χ2n) is 7.74. The average molecular weight is 399 g/mol. The van der Waals surface area contributed by atoms with Crippen LogP contribution in [-0.4, -0.2) is 57.7 Å². The molecule has 0 saturated heterocycles. The summed E-state index contributed by atoms with van der Waals surface area (Å²) in [6, 6.07) is 4.24. The lowest BCUT2D eigenvalue weighted by atomic mass is 10.1. The lowest BCUT2D eigenvalue weighted by Gasteiger charge is -2.20. The number of hydrogen-bond acceptors (Lipinski definition) is 6. The molecule has 0 aliphatic carbocycles. The van der Waals surface area contributed by atoms with Gasteiger partial charge in [-0.2, -0.15) is 0 Å². The third kappa shape index (κ3) is 3.54. The normalized spacial score (nSPS) is 13.5. The number of aromatic nitrogens is 4. The van der Waals surface area contributed by atoms with Crippen molar-refractivity contribution in [3.8, 4) is 0 Å². The molecule has 1 amide bonds. The average Bonchev–Trinajstić information content (AvgIpc) is 3.32. The third-order valence-electron chi connectivity index (χ3n) is 5.07. The van der Waals surface area contributed by atoms with E-state index in [9.17, 15) is 4.79 Å². The second kappa shape index (κ2) is 7.60. The minimum atomic E-state index is -0.104. The molecular formula is C20H26N6OS. The van der Waals surface area contributed by atoms with Gasteiger partial charge < -0.3 is 9.47 Å². The molecule has 4 rings (SSSR count). The van der Waals surface area contributed by atoms with E-state index in [0.717, 1.165) is 53.5 Å². The third-order valence-corrected chi connectivity index (χ3v) is 6.30. The van der Waals surface area contributed by atoms with E-state index in [4.69, 9.17) is 4.98 Å².